The van der Waals surface area contributed by atoms with Gasteiger partial charge >= 0.3 is 0 Å². The highest BCUT2D eigenvalue weighted by Gasteiger charge is 2.32. The highest BCUT2D eigenvalue weighted by atomic mass is 127. The van der Waals surface area contributed by atoms with Gasteiger partial charge in [-0.15, -0.1) is 0 Å². The van der Waals surface area contributed by atoms with E-state index in [1.54, 1.807) is 3.11 Å². The third-order valence-electron chi connectivity index (χ3n) is 1.80. The number of ether oxygens (including phenoxy) is 1. The van der Waals surface area contributed by atoms with Crippen LogP contribution in [0.15, 0.2) is 24.3 Å². The summed E-state index contributed by atoms with van der Waals surface area (Å²) >= 11 is 8.37. The van der Waals surface area contributed by atoms with Crippen LogP contribution in [-0.4, -0.2) is 11.9 Å². The maximum absolute atomic E-state index is 12.0. The fraction of sp³-hybridized carbons (Fsp3) is 0.300. The zero-order chi connectivity index (χ0) is 13.1. The molecule has 0 radical (unpaired) electrons. The molecule has 7 heteroatoms. The lowest BCUT2D eigenvalue weighted by atomic mass is 10.3. The SMILES string of the molecule is CCOc1ccc(N(I)C(=O)C(I)(I)I)cc1. The van der Waals surface area contributed by atoms with Crippen molar-refractivity contribution >= 4 is 102 Å². The van der Waals surface area contributed by atoms with Gasteiger partial charge in [0.15, 0.2) is 0 Å². The van der Waals surface area contributed by atoms with Gasteiger partial charge in [0, 0.05) is 0 Å². The van der Waals surface area contributed by atoms with E-state index in [4.69, 9.17) is 4.74 Å². The predicted molar refractivity (Wildman–Crippen MR) is 104 cm³/mol. The molecule has 0 unspecified atom stereocenters. The number of anilines is 1. The number of halogens is 4. The number of hydrogen-bond donors (Lipinski definition) is 0. The Morgan fingerprint density at radius 1 is 1.29 bits per heavy atom. The van der Waals surface area contributed by atoms with Gasteiger partial charge in [-0.05, 0) is 99.0 Å². The molecule has 0 fully saturated rings. The Bertz CT molecular complexity index is 388. The molecule has 0 heterocycles. The zero-order valence-electron chi connectivity index (χ0n) is 8.79. The van der Waals surface area contributed by atoms with Crippen LogP contribution in [0.1, 0.15) is 6.92 Å². The fourth-order valence-corrected chi connectivity index (χ4v) is 3.86. The quantitative estimate of drug-likeness (QED) is 0.262. The number of nitrogens with zero attached hydrogens (tertiary/aromatic N) is 1. The maximum atomic E-state index is 12.0. The first-order chi connectivity index (χ1) is 7.86. The normalized spacial score (nSPS) is 11.1. The van der Waals surface area contributed by atoms with E-state index in [9.17, 15) is 4.79 Å². The van der Waals surface area contributed by atoms with Gasteiger partial charge in [0.1, 0.15) is 5.75 Å². The summed E-state index contributed by atoms with van der Waals surface area (Å²) in [6.07, 6.45) is 0. The summed E-state index contributed by atoms with van der Waals surface area (Å²) in [5.74, 6) is 0.863. The molecule has 3 nitrogen and oxygen atoms in total. The minimum Gasteiger partial charge on any atom is -0.494 e. The number of hydrogen-bond acceptors (Lipinski definition) is 2. The molecule has 0 aliphatic carbocycles. The van der Waals surface area contributed by atoms with E-state index in [0.717, 1.165) is 11.4 Å². The Morgan fingerprint density at radius 3 is 2.24 bits per heavy atom. The van der Waals surface area contributed by atoms with Crippen LogP contribution in [0.3, 0.4) is 0 Å². The van der Waals surface area contributed by atoms with Crippen LogP contribution in [0.2, 0.25) is 0 Å². The van der Waals surface area contributed by atoms with E-state index in [0.29, 0.717) is 6.61 Å². The molecule has 0 bridgehead atoms. The first kappa shape index (κ1) is 16.5. The summed E-state index contributed by atoms with van der Waals surface area (Å²) in [6.45, 7) is 2.59. The number of benzene rings is 1. The lowest BCUT2D eigenvalue weighted by molar-refractivity contribution is -0.115. The molecular formula is C10H9I4NO2. The minimum absolute atomic E-state index is 0.0454. The van der Waals surface area contributed by atoms with Crippen LogP contribution in [-0.2, 0) is 4.79 Å². The molecule has 1 aromatic rings. The van der Waals surface area contributed by atoms with E-state index in [1.807, 2.05) is 54.1 Å². The van der Waals surface area contributed by atoms with Gasteiger partial charge in [-0.3, -0.25) is 4.79 Å². The largest absolute Gasteiger partial charge is 0.494 e. The maximum Gasteiger partial charge on any atom is 0.271 e. The monoisotopic (exact) mass is 683 g/mol. The van der Waals surface area contributed by atoms with Gasteiger partial charge in [0.25, 0.3) is 5.91 Å². The highest BCUT2D eigenvalue weighted by molar-refractivity contribution is 14.3. The smallest absolute Gasteiger partial charge is 0.271 e. The van der Waals surface area contributed by atoms with E-state index in [-0.39, 0.29) is 5.91 Å². The Balaban J connectivity index is 2.83. The topological polar surface area (TPSA) is 29.5 Å². The molecular weight excluding hydrogens is 674 g/mol. The zero-order valence-corrected chi connectivity index (χ0v) is 17.4. The summed E-state index contributed by atoms with van der Waals surface area (Å²) in [5, 5.41) is 0. The standard InChI is InChI=1S/C10H9I4NO2/c1-2-17-8-5-3-7(4-6-8)15(14)9(16)10(11,12)13/h3-6H,2H2,1H3. The highest BCUT2D eigenvalue weighted by Crippen LogP contribution is 2.39. The molecule has 0 aliphatic rings. The number of amides is 1. The molecule has 17 heavy (non-hydrogen) atoms. The van der Waals surface area contributed by atoms with Crippen molar-refractivity contribution in [1.29, 1.82) is 0 Å². The van der Waals surface area contributed by atoms with Crippen molar-refractivity contribution < 1.29 is 9.53 Å². The molecule has 1 rings (SSSR count). The van der Waals surface area contributed by atoms with Crippen molar-refractivity contribution in [3.8, 4) is 5.75 Å². The van der Waals surface area contributed by atoms with Crippen LogP contribution in [0.25, 0.3) is 0 Å². The van der Waals surface area contributed by atoms with Gasteiger partial charge in [0.05, 0.1) is 35.2 Å². The number of carbonyl (C=O) groups is 1. The second kappa shape index (κ2) is 7.26. The molecule has 1 amide bonds. The van der Waals surface area contributed by atoms with Crippen molar-refractivity contribution in [1.82, 2.24) is 0 Å². The number of rotatable bonds is 4. The van der Waals surface area contributed by atoms with Crippen LogP contribution in [0, 0.1) is 0 Å². The Labute approximate surface area is 155 Å². The molecule has 0 N–H and O–H groups in total. The van der Waals surface area contributed by atoms with Crippen molar-refractivity contribution in [2.24, 2.45) is 0 Å². The summed E-state index contributed by atoms with van der Waals surface area (Å²) in [6, 6.07) is 7.50. The minimum atomic E-state index is -0.465. The molecule has 0 atom stereocenters. The van der Waals surface area contributed by atoms with Gasteiger partial charge in [-0.1, -0.05) is 0 Å². The van der Waals surface area contributed by atoms with Crippen LogP contribution in [0.4, 0.5) is 5.69 Å². The third-order valence-corrected chi connectivity index (χ3v) is 4.17. The van der Waals surface area contributed by atoms with Crippen molar-refractivity contribution in [2.45, 2.75) is 6.36 Å². The van der Waals surface area contributed by atoms with Crippen LogP contribution < -0.4 is 7.85 Å². The van der Waals surface area contributed by atoms with Gasteiger partial charge in [0.2, 0.25) is -0.565 Å². The molecule has 1 aromatic carbocycles. The lowest BCUT2D eigenvalue weighted by Crippen LogP contribution is -2.30. The average molecular weight is 683 g/mol. The Morgan fingerprint density at radius 2 is 1.82 bits per heavy atom. The Kier molecular flexibility index (Phi) is 7.03. The molecule has 0 spiro atoms. The second-order valence-corrected chi connectivity index (χ2v) is 15.0. The van der Waals surface area contributed by atoms with Crippen LogP contribution in [0.5, 0.6) is 5.75 Å². The molecule has 0 saturated carbocycles. The fourth-order valence-electron chi connectivity index (χ4n) is 1.07. The number of carbonyl (C=O) groups excluding carboxylic acids is 1. The number of alkyl halides is 3. The summed E-state index contributed by atoms with van der Waals surface area (Å²) in [5.41, 5.74) is 0.855. The van der Waals surface area contributed by atoms with Crippen molar-refractivity contribution in [2.75, 3.05) is 9.72 Å². The molecule has 0 saturated heterocycles. The summed E-state index contributed by atoms with van der Waals surface area (Å²) < 4.78 is 6.52. The third kappa shape index (κ3) is 5.12. The Hall–Kier alpha value is 1.41. The van der Waals surface area contributed by atoms with Crippen molar-refractivity contribution in [3.63, 3.8) is 0 Å². The van der Waals surface area contributed by atoms with Crippen LogP contribution >= 0.6 is 90.6 Å². The predicted octanol–water partition coefficient (Wildman–Crippen LogP) is 4.73. The average Bonchev–Trinajstić information content (AvgIpc) is 2.27. The molecule has 0 aliphatic heterocycles. The first-order valence-electron chi connectivity index (χ1n) is 4.66. The van der Waals surface area contributed by atoms with Gasteiger partial charge in [-0.25, -0.2) is 3.11 Å². The van der Waals surface area contributed by atoms with E-state index in [1.165, 1.54) is 0 Å². The lowest BCUT2D eigenvalue weighted by Gasteiger charge is -2.20. The van der Waals surface area contributed by atoms with E-state index >= 15 is 0 Å². The van der Waals surface area contributed by atoms with Crippen molar-refractivity contribution in [3.05, 3.63) is 24.3 Å². The summed E-state index contributed by atoms with van der Waals surface area (Å²) in [4.78, 5) is 12.0. The summed E-state index contributed by atoms with van der Waals surface area (Å²) in [7, 11) is 0. The van der Waals surface area contributed by atoms with E-state index < -0.39 is -0.565 Å². The van der Waals surface area contributed by atoms with Gasteiger partial charge in [-0.2, -0.15) is 0 Å². The molecule has 0 aromatic heterocycles. The molecule has 94 valence electrons. The van der Waals surface area contributed by atoms with E-state index in [2.05, 4.69) is 67.8 Å². The first-order valence-corrected chi connectivity index (χ1v) is 8.86. The second-order valence-electron chi connectivity index (χ2n) is 3.01. The van der Waals surface area contributed by atoms with Gasteiger partial charge < -0.3 is 4.74 Å².